The number of halogens is 1. The number of carbonyl (C=O) groups excluding carboxylic acids is 1. The van der Waals surface area contributed by atoms with Gasteiger partial charge in [0.25, 0.3) is 5.91 Å². The van der Waals surface area contributed by atoms with Crippen LogP contribution in [0, 0.1) is 18.7 Å². The summed E-state index contributed by atoms with van der Waals surface area (Å²) in [6.45, 7) is 5.43. The number of ether oxygens (including phenoxy) is 1. The number of carbonyl (C=O) groups is 2. The molecular formula is C17H20FNO4. The van der Waals surface area contributed by atoms with Crippen molar-refractivity contribution in [2.24, 2.45) is 5.92 Å². The van der Waals surface area contributed by atoms with E-state index < -0.39 is 23.7 Å². The first-order valence-electron chi connectivity index (χ1n) is 7.46. The third-order valence-electron chi connectivity index (χ3n) is 3.65. The summed E-state index contributed by atoms with van der Waals surface area (Å²) in [5.41, 5.74) is 0.437. The van der Waals surface area contributed by atoms with Crippen LogP contribution in [-0.4, -0.2) is 34.5 Å². The Bertz CT molecular complexity index is 654. The van der Waals surface area contributed by atoms with Gasteiger partial charge in [-0.25, -0.2) is 9.18 Å². The van der Waals surface area contributed by atoms with Gasteiger partial charge in [0, 0.05) is 6.08 Å². The highest BCUT2D eigenvalue weighted by Crippen LogP contribution is 2.25. The number of rotatable bonds is 6. The summed E-state index contributed by atoms with van der Waals surface area (Å²) in [4.78, 5) is 24.7. The van der Waals surface area contributed by atoms with Crippen LogP contribution in [-0.2, 0) is 9.59 Å². The molecule has 0 fully saturated rings. The van der Waals surface area contributed by atoms with Gasteiger partial charge in [0.1, 0.15) is 11.8 Å². The molecule has 124 valence electrons. The molecule has 1 atom stereocenters. The molecule has 0 bridgehead atoms. The van der Waals surface area contributed by atoms with Crippen molar-refractivity contribution in [3.05, 3.63) is 41.4 Å². The maximum Gasteiger partial charge on any atom is 0.326 e. The number of aliphatic carboxylic acids is 1. The van der Waals surface area contributed by atoms with Crippen molar-refractivity contribution in [3.8, 4) is 5.75 Å². The van der Waals surface area contributed by atoms with E-state index in [1.165, 1.54) is 17.0 Å². The molecule has 0 aliphatic carbocycles. The van der Waals surface area contributed by atoms with Crippen molar-refractivity contribution < 1.29 is 23.8 Å². The predicted octanol–water partition coefficient (Wildman–Crippen LogP) is 2.74. The van der Waals surface area contributed by atoms with Gasteiger partial charge < -0.3 is 14.7 Å². The van der Waals surface area contributed by atoms with Crippen LogP contribution >= 0.6 is 0 Å². The van der Waals surface area contributed by atoms with Crippen molar-refractivity contribution in [1.29, 1.82) is 0 Å². The van der Waals surface area contributed by atoms with Gasteiger partial charge in [-0.1, -0.05) is 26.0 Å². The maximum absolute atomic E-state index is 14.0. The Labute approximate surface area is 134 Å². The zero-order valence-corrected chi connectivity index (χ0v) is 13.4. The second kappa shape index (κ2) is 6.81. The van der Waals surface area contributed by atoms with Gasteiger partial charge in [0.05, 0.1) is 6.54 Å². The minimum Gasteiger partial charge on any atom is -0.480 e. The van der Waals surface area contributed by atoms with Crippen LogP contribution in [0.2, 0.25) is 0 Å². The molecule has 1 aliphatic rings. The first kappa shape index (κ1) is 17.0. The topological polar surface area (TPSA) is 66.8 Å². The zero-order valence-electron chi connectivity index (χ0n) is 13.4. The molecule has 1 amide bonds. The van der Waals surface area contributed by atoms with Crippen LogP contribution < -0.4 is 4.74 Å². The summed E-state index contributed by atoms with van der Waals surface area (Å²) in [5, 5.41) is 9.34. The molecule has 1 N–H and O–H groups in total. The fraction of sp³-hybridized carbons (Fsp3) is 0.412. The van der Waals surface area contributed by atoms with Gasteiger partial charge in [0.2, 0.25) is 0 Å². The standard InChI is InChI=1S/C17H20FNO4/c1-10(2)7-13(17(21)22)19-9-12(8-15(19)20)23-14-6-4-5-11(3)16(14)18/h4-6,8,10,13H,7,9H2,1-3H3,(H,21,22)/t13-/m0/s1. The van der Waals surface area contributed by atoms with Crippen molar-refractivity contribution >= 4 is 11.9 Å². The molecule has 1 aromatic rings. The Morgan fingerprint density at radius 2 is 2.13 bits per heavy atom. The molecule has 5 nitrogen and oxygen atoms in total. The summed E-state index contributed by atoms with van der Waals surface area (Å²) < 4.78 is 19.4. The van der Waals surface area contributed by atoms with E-state index in [1.54, 1.807) is 19.1 Å². The fourth-order valence-electron chi connectivity index (χ4n) is 2.49. The third-order valence-corrected chi connectivity index (χ3v) is 3.65. The van der Waals surface area contributed by atoms with Crippen LogP contribution in [0.1, 0.15) is 25.8 Å². The Balaban J connectivity index is 2.13. The lowest BCUT2D eigenvalue weighted by Crippen LogP contribution is -2.43. The van der Waals surface area contributed by atoms with E-state index >= 15 is 0 Å². The highest BCUT2D eigenvalue weighted by molar-refractivity contribution is 5.94. The van der Waals surface area contributed by atoms with Crippen molar-refractivity contribution in [1.82, 2.24) is 4.90 Å². The quantitative estimate of drug-likeness (QED) is 0.875. The molecule has 0 unspecified atom stereocenters. The van der Waals surface area contributed by atoms with Gasteiger partial charge >= 0.3 is 5.97 Å². The van der Waals surface area contributed by atoms with Crippen molar-refractivity contribution in [3.63, 3.8) is 0 Å². The third kappa shape index (κ3) is 3.88. The molecule has 2 rings (SSSR count). The van der Waals surface area contributed by atoms with Crippen LogP contribution in [0.4, 0.5) is 4.39 Å². The van der Waals surface area contributed by atoms with Gasteiger partial charge in [-0.2, -0.15) is 0 Å². The van der Waals surface area contributed by atoms with Crippen LogP contribution in [0.3, 0.4) is 0 Å². The molecule has 0 spiro atoms. The lowest BCUT2D eigenvalue weighted by Gasteiger charge is -2.25. The van der Waals surface area contributed by atoms with Crippen molar-refractivity contribution in [2.45, 2.75) is 33.2 Å². The second-order valence-electron chi connectivity index (χ2n) is 6.05. The highest BCUT2D eigenvalue weighted by Gasteiger charge is 2.34. The fourth-order valence-corrected chi connectivity index (χ4v) is 2.49. The Hall–Kier alpha value is -2.37. The molecule has 6 heteroatoms. The molecular weight excluding hydrogens is 301 g/mol. The smallest absolute Gasteiger partial charge is 0.326 e. The molecule has 0 saturated carbocycles. The van der Waals surface area contributed by atoms with E-state index in [2.05, 4.69) is 0 Å². The van der Waals surface area contributed by atoms with E-state index in [0.717, 1.165) is 0 Å². The van der Waals surface area contributed by atoms with Crippen LogP contribution in [0.5, 0.6) is 5.75 Å². The number of carboxylic acid groups (broad SMARTS) is 1. The first-order chi connectivity index (χ1) is 10.8. The number of hydrogen-bond acceptors (Lipinski definition) is 3. The minimum atomic E-state index is -1.05. The Morgan fingerprint density at radius 1 is 1.43 bits per heavy atom. The van der Waals surface area contributed by atoms with Crippen LogP contribution in [0.15, 0.2) is 30.0 Å². The summed E-state index contributed by atoms with van der Waals surface area (Å²) >= 11 is 0. The molecule has 0 aromatic heterocycles. The number of amides is 1. The number of nitrogens with zero attached hydrogens (tertiary/aromatic N) is 1. The molecule has 1 aromatic carbocycles. The van der Waals surface area contributed by atoms with Gasteiger partial charge in [-0.15, -0.1) is 0 Å². The van der Waals surface area contributed by atoms with Crippen molar-refractivity contribution in [2.75, 3.05) is 6.54 Å². The molecule has 1 aliphatic heterocycles. The molecule has 1 heterocycles. The highest BCUT2D eigenvalue weighted by atomic mass is 19.1. The largest absolute Gasteiger partial charge is 0.480 e. The maximum atomic E-state index is 14.0. The van der Waals surface area contributed by atoms with Gasteiger partial charge in [-0.05, 0) is 30.9 Å². The average Bonchev–Trinajstić information content (AvgIpc) is 2.81. The van der Waals surface area contributed by atoms with E-state index in [-0.39, 0.29) is 24.0 Å². The minimum absolute atomic E-state index is 0.0237. The normalized spacial score (nSPS) is 15.8. The first-order valence-corrected chi connectivity index (χ1v) is 7.46. The van der Waals surface area contributed by atoms with Gasteiger partial charge in [0.15, 0.2) is 11.6 Å². The Kier molecular flexibility index (Phi) is 5.03. The zero-order chi connectivity index (χ0) is 17.1. The van der Waals surface area contributed by atoms with E-state index in [4.69, 9.17) is 4.74 Å². The van der Waals surface area contributed by atoms with E-state index in [1.807, 2.05) is 13.8 Å². The van der Waals surface area contributed by atoms with E-state index in [9.17, 15) is 19.1 Å². The lowest BCUT2D eigenvalue weighted by atomic mass is 10.0. The molecule has 0 radical (unpaired) electrons. The lowest BCUT2D eigenvalue weighted by molar-refractivity contribution is -0.148. The van der Waals surface area contributed by atoms with Gasteiger partial charge in [-0.3, -0.25) is 4.79 Å². The Morgan fingerprint density at radius 3 is 2.74 bits per heavy atom. The number of aryl methyl sites for hydroxylation is 1. The summed E-state index contributed by atoms with van der Waals surface area (Å²) in [7, 11) is 0. The SMILES string of the molecule is Cc1cccc(OC2=CC(=O)N([C@@H](CC(C)C)C(=O)O)C2)c1F. The summed E-state index contributed by atoms with van der Waals surface area (Å²) in [5.74, 6) is -1.57. The number of carboxylic acids is 1. The monoisotopic (exact) mass is 321 g/mol. The summed E-state index contributed by atoms with van der Waals surface area (Å²) in [6, 6.07) is 3.83. The number of benzene rings is 1. The predicted molar refractivity (Wildman–Crippen MR) is 82.4 cm³/mol. The average molecular weight is 321 g/mol. The summed E-state index contributed by atoms with van der Waals surface area (Å²) in [6.07, 6.45) is 1.57. The second-order valence-corrected chi connectivity index (χ2v) is 6.05. The van der Waals surface area contributed by atoms with Crippen LogP contribution in [0.25, 0.3) is 0 Å². The molecule has 0 saturated heterocycles. The number of hydrogen-bond donors (Lipinski definition) is 1. The van der Waals surface area contributed by atoms with E-state index in [0.29, 0.717) is 12.0 Å². The molecule has 23 heavy (non-hydrogen) atoms.